The molecule has 0 unspecified atom stereocenters. The summed E-state index contributed by atoms with van der Waals surface area (Å²) in [5, 5.41) is 3.77. The fraction of sp³-hybridized carbons (Fsp3) is 0.174. The zero-order valence-electron chi connectivity index (χ0n) is 15.8. The number of amides is 1. The van der Waals surface area contributed by atoms with Crippen LogP contribution in [0.15, 0.2) is 77.7 Å². The molecule has 28 heavy (non-hydrogen) atoms. The number of hydrogen-bond acceptors (Lipinski definition) is 3. The van der Waals surface area contributed by atoms with E-state index in [0.29, 0.717) is 5.56 Å². The van der Waals surface area contributed by atoms with Crippen LogP contribution in [0.25, 0.3) is 0 Å². The van der Waals surface area contributed by atoms with Crippen molar-refractivity contribution in [2.24, 2.45) is 0 Å². The lowest BCUT2D eigenvalue weighted by Crippen LogP contribution is -2.26. The van der Waals surface area contributed by atoms with Gasteiger partial charge < -0.3 is 10.1 Å². The predicted octanol–water partition coefficient (Wildman–Crippen LogP) is 6.13. The maximum Gasteiger partial charge on any atom is 0.251 e. The van der Waals surface area contributed by atoms with Crippen LogP contribution in [-0.4, -0.2) is 13.0 Å². The van der Waals surface area contributed by atoms with E-state index in [0.717, 1.165) is 32.5 Å². The molecule has 0 aliphatic carbocycles. The number of thioether (sulfide) groups is 1. The Labute approximate surface area is 175 Å². The second-order valence-corrected chi connectivity index (χ2v) is 7.86. The molecule has 144 valence electrons. The van der Waals surface area contributed by atoms with Gasteiger partial charge in [0.2, 0.25) is 0 Å². The van der Waals surface area contributed by atoms with Gasteiger partial charge in [-0.15, -0.1) is 11.8 Å². The van der Waals surface area contributed by atoms with Crippen LogP contribution in [0.3, 0.4) is 0 Å². The lowest BCUT2D eigenvalue weighted by molar-refractivity contribution is 0.0939. The Kier molecular flexibility index (Phi) is 7.01. The van der Waals surface area contributed by atoms with Gasteiger partial charge >= 0.3 is 0 Å². The number of carbonyl (C=O) groups is 1. The van der Waals surface area contributed by atoms with E-state index < -0.39 is 0 Å². The lowest BCUT2D eigenvalue weighted by atomic mass is 10.1. The number of halogens is 1. The van der Waals surface area contributed by atoms with Gasteiger partial charge in [0, 0.05) is 26.8 Å². The van der Waals surface area contributed by atoms with Crippen molar-refractivity contribution in [3.63, 3.8) is 0 Å². The van der Waals surface area contributed by atoms with Crippen molar-refractivity contribution in [2.75, 3.05) is 7.11 Å². The topological polar surface area (TPSA) is 38.3 Å². The zero-order valence-corrected chi connectivity index (χ0v) is 17.4. The fourth-order valence-corrected chi connectivity index (χ4v) is 3.81. The first-order valence-corrected chi connectivity index (χ1v) is 10.3. The minimum atomic E-state index is -0.149. The molecule has 0 aliphatic heterocycles. The standard InChI is InChI=1S/C23H22ClNO2S/c1-16(21-5-3-4-6-22(21)27-2)25-23(26)18-9-7-17(8-10-18)15-28-20-13-11-19(24)12-14-20/h3-14,16H,15H2,1-2H3,(H,25,26)/t16-/m0/s1. The number of ether oxygens (including phenoxy) is 1. The molecule has 1 N–H and O–H groups in total. The molecule has 0 aliphatic rings. The Balaban J connectivity index is 1.59. The highest BCUT2D eigenvalue weighted by Crippen LogP contribution is 2.26. The highest BCUT2D eigenvalue weighted by molar-refractivity contribution is 7.98. The predicted molar refractivity (Wildman–Crippen MR) is 116 cm³/mol. The quantitative estimate of drug-likeness (QED) is 0.475. The smallest absolute Gasteiger partial charge is 0.251 e. The first kappa shape index (κ1) is 20.3. The Morgan fingerprint density at radius 2 is 1.71 bits per heavy atom. The molecule has 3 aromatic rings. The van der Waals surface area contributed by atoms with Gasteiger partial charge in [0.05, 0.1) is 13.2 Å². The average Bonchev–Trinajstić information content (AvgIpc) is 2.73. The fourth-order valence-electron chi connectivity index (χ4n) is 2.83. The average molecular weight is 412 g/mol. The highest BCUT2D eigenvalue weighted by atomic mass is 35.5. The summed E-state index contributed by atoms with van der Waals surface area (Å²) in [6.45, 7) is 1.95. The number of rotatable bonds is 7. The molecule has 1 amide bonds. The number of benzene rings is 3. The normalized spacial score (nSPS) is 11.7. The van der Waals surface area contributed by atoms with Crippen LogP contribution in [0, 0.1) is 0 Å². The van der Waals surface area contributed by atoms with Gasteiger partial charge in [-0.25, -0.2) is 0 Å². The molecule has 3 rings (SSSR count). The van der Waals surface area contributed by atoms with E-state index in [9.17, 15) is 4.79 Å². The summed E-state index contributed by atoms with van der Waals surface area (Å²) in [7, 11) is 1.63. The van der Waals surface area contributed by atoms with Crippen molar-refractivity contribution >= 4 is 29.3 Å². The van der Waals surface area contributed by atoms with Crippen LogP contribution in [-0.2, 0) is 5.75 Å². The maximum atomic E-state index is 12.6. The van der Waals surface area contributed by atoms with Crippen LogP contribution in [0.1, 0.15) is 34.5 Å². The monoisotopic (exact) mass is 411 g/mol. The molecule has 0 radical (unpaired) electrons. The second-order valence-electron chi connectivity index (χ2n) is 6.38. The maximum absolute atomic E-state index is 12.6. The summed E-state index contributed by atoms with van der Waals surface area (Å²) in [5.41, 5.74) is 2.76. The second kappa shape index (κ2) is 9.67. The van der Waals surface area contributed by atoms with E-state index >= 15 is 0 Å². The van der Waals surface area contributed by atoms with Gasteiger partial charge in [-0.05, 0) is 55.0 Å². The molecular formula is C23H22ClNO2S. The minimum Gasteiger partial charge on any atom is -0.496 e. The van der Waals surface area contributed by atoms with E-state index in [-0.39, 0.29) is 11.9 Å². The molecule has 0 fully saturated rings. The van der Waals surface area contributed by atoms with Crippen LogP contribution in [0.4, 0.5) is 0 Å². The van der Waals surface area contributed by atoms with E-state index in [1.54, 1.807) is 18.9 Å². The SMILES string of the molecule is COc1ccccc1[C@H](C)NC(=O)c1ccc(CSc2ccc(Cl)cc2)cc1. The number of nitrogens with one attached hydrogen (secondary N) is 1. The molecule has 0 aromatic heterocycles. The summed E-state index contributed by atoms with van der Waals surface area (Å²) in [6, 6.07) is 23.1. The Bertz CT molecular complexity index is 926. The van der Waals surface area contributed by atoms with Crippen LogP contribution in [0.2, 0.25) is 5.02 Å². The van der Waals surface area contributed by atoms with Crippen molar-refractivity contribution in [1.29, 1.82) is 0 Å². The summed E-state index contributed by atoms with van der Waals surface area (Å²) in [4.78, 5) is 13.7. The van der Waals surface area contributed by atoms with Crippen molar-refractivity contribution in [3.05, 3.63) is 94.5 Å². The lowest BCUT2D eigenvalue weighted by Gasteiger charge is -2.17. The molecule has 3 nitrogen and oxygen atoms in total. The van der Waals surface area contributed by atoms with E-state index in [1.165, 1.54) is 0 Å². The third-order valence-electron chi connectivity index (χ3n) is 4.39. The number of hydrogen-bond donors (Lipinski definition) is 1. The molecular weight excluding hydrogens is 390 g/mol. The zero-order chi connectivity index (χ0) is 19.9. The van der Waals surface area contributed by atoms with E-state index in [4.69, 9.17) is 16.3 Å². The van der Waals surface area contributed by atoms with Crippen LogP contribution >= 0.6 is 23.4 Å². The Morgan fingerprint density at radius 1 is 1.04 bits per heavy atom. The van der Waals surface area contributed by atoms with Gasteiger partial charge in [-0.2, -0.15) is 0 Å². The van der Waals surface area contributed by atoms with E-state index in [1.807, 2.05) is 79.7 Å². The summed E-state index contributed by atoms with van der Waals surface area (Å²) in [6.07, 6.45) is 0. The third kappa shape index (κ3) is 5.31. The molecule has 3 aromatic carbocycles. The first-order valence-electron chi connectivity index (χ1n) is 8.98. The number of methoxy groups -OCH3 is 1. The summed E-state index contributed by atoms with van der Waals surface area (Å²) >= 11 is 7.65. The van der Waals surface area contributed by atoms with Crippen LogP contribution < -0.4 is 10.1 Å². The van der Waals surface area contributed by atoms with Gasteiger partial charge in [0.15, 0.2) is 0 Å². The van der Waals surface area contributed by atoms with Crippen molar-refractivity contribution in [1.82, 2.24) is 5.32 Å². The molecule has 0 saturated carbocycles. The molecule has 0 spiro atoms. The molecule has 0 bridgehead atoms. The van der Waals surface area contributed by atoms with Gasteiger partial charge in [-0.1, -0.05) is 41.9 Å². The van der Waals surface area contributed by atoms with Crippen molar-refractivity contribution in [3.8, 4) is 5.75 Å². The van der Waals surface area contributed by atoms with Crippen LogP contribution in [0.5, 0.6) is 5.75 Å². The Morgan fingerprint density at radius 3 is 2.39 bits per heavy atom. The molecule has 5 heteroatoms. The highest BCUT2D eigenvalue weighted by Gasteiger charge is 2.14. The number of carbonyl (C=O) groups excluding carboxylic acids is 1. The van der Waals surface area contributed by atoms with Gasteiger partial charge in [0.1, 0.15) is 5.75 Å². The molecule has 0 saturated heterocycles. The van der Waals surface area contributed by atoms with Gasteiger partial charge in [0.25, 0.3) is 5.91 Å². The largest absolute Gasteiger partial charge is 0.496 e. The van der Waals surface area contributed by atoms with E-state index in [2.05, 4.69) is 5.32 Å². The third-order valence-corrected chi connectivity index (χ3v) is 5.72. The molecule has 0 heterocycles. The van der Waals surface area contributed by atoms with Gasteiger partial charge in [-0.3, -0.25) is 4.79 Å². The summed E-state index contributed by atoms with van der Waals surface area (Å²) < 4.78 is 5.38. The summed E-state index contributed by atoms with van der Waals surface area (Å²) in [5.74, 6) is 1.50. The number of para-hydroxylation sites is 1. The first-order chi connectivity index (χ1) is 13.6. The minimum absolute atomic E-state index is 0.102. The molecule has 1 atom stereocenters. The Hall–Kier alpha value is -2.43. The van der Waals surface area contributed by atoms with Crippen molar-refractivity contribution in [2.45, 2.75) is 23.6 Å². The van der Waals surface area contributed by atoms with Crippen molar-refractivity contribution < 1.29 is 9.53 Å².